The summed E-state index contributed by atoms with van der Waals surface area (Å²) in [6.45, 7) is 2.48. The van der Waals surface area contributed by atoms with Gasteiger partial charge in [-0.15, -0.1) is 0 Å². The molecule has 4 aromatic rings. The lowest BCUT2D eigenvalue weighted by atomic mass is 9.94. The number of ether oxygens (including phenoxy) is 1. The lowest BCUT2D eigenvalue weighted by molar-refractivity contribution is 0.387. The van der Waals surface area contributed by atoms with E-state index in [9.17, 15) is 4.39 Å². The molecule has 0 spiro atoms. The first-order valence-electron chi connectivity index (χ1n) is 11.1. The Labute approximate surface area is 208 Å². The van der Waals surface area contributed by atoms with E-state index in [-0.39, 0.29) is 11.9 Å². The second-order valence-corrected chi connectivity index (χ2v) is 8.51. The second-order valence-electron chi connectivity index (χ2n) is 8.12. The van der Waals surface area contributed by atoms with Gasteiger partial charge in [-0.25, -0.2) is 4.39 Å². The summed E-state index contributed by atoms with van der Waals surface area (Å²) in [5.41, 5.74) is 4.21. The Bertz CT molecular complexity index is 1400. The van der Waals surface area contributed by atoms with Crippen LogP contribution in [0.5, 0.6) is 5.75 Å². The zero-order valence-electron chi connectivity index (χ0n) is 19.2. The Balaban J connectivity index is 1.60. The van der Waals surface area contributed by atoms with Gasteiger partial charge < -0.3 is 19.5 Å². The first kappa shape index (κ1) is 22.7. The van der Waals surface area contributed by atoms with Crippen molar-refractivity contribution in [1.29, 1.82) is 0 Å². The van der Waals surface area contributed by atoms with E-state index in [4.69, 9.17) is 21.5 Å². The van der Waals surface area contributed by atoms with Crippen molar-refractivity contribution in [3.8, 4) is 17.1 Å². The Morgan fingerprint density at radius 3 is 2.60 bits per heavy atom. The van der Waals surface area contributed by atoms with E-state index in [1.54, 1.807) is 19.2 Å². The molecule has 176 valence electrons. The SMILES string of the molecule is COc1ccccc1CN1C(=S)NC(c2ccccc2)C(c2nc(-c3cccc(F)c3)no2)=C1C. The van der Waals surface area contributed by atoms with Crippen LogP contribution in [0, 0.1) is 5.82 Å². The predicted molar refractivity (Wildman–Crippen MR) is 136 cm³/mol. The van der Waals surface area contributed by atoms with Gasteiger partial charge in [0.1, 0.15) is 11.6 Å². The molecular weight excluding hydrogens is 463 g/mol. The zero-order chi connectivity index (χ0) is 24.4. The van der Waals surface area contributed by atoms with Crippen molar-refractivity contribution in [3.05, 3.63) is 107 Å². The molecule has 1 N–H and O–H groups in total. The number of nitrogens with zero attached hydrogens (tertiary/aromatic N) is 3. The molecule has 0 saturated carbocycles. The van der Waals surface area contributed by atoms with E-state index in [1.165, 1.54) is 12.1 Å². The molecule has 0 radical (unpaired) electrons. The van der Waals surface area contributed by atoms with Crippen molar-refractivity contribution in [2.45, 2.75) is 19.5 Å². The molecule has 0 amide bonds. The van der Waals surface area contributed by atoms with Crippen LogP contribution in [-0.4, -0.2) is 27.3 Å². The number of allylic oxidation sites excluding steroid dienone is 1. The van der Waals surface area contributed by atoms with Gasteiger partial charge >= 0.3 is 0 Å². The second kappa shape index (κ2) is 9.68. The van der Waals surface area contributed by atoms with E-state index in [0.717, 1.165) is 28.1 Å². The molecule has 5 rings (SSSR count). The number of aromatic nitrogens is 2. The Morgan fingerprint density at radius 1 is 1.06 bits per heavy atom. The summed E-state index contributed by atoms with van der Waals surface area (Å²) in [6.07, 6.45) is 0. The van der Waals surface area contributed by atoms with Gasteiger partial charge in [0.2, 0.25) is 5.82 Å². The van der Waals surface area contributed by atoms with Crippen LogP contribution in [0.3, 0.4) is 0 Å². The van der Waals surface area contributed by atoms with Crippen LogP contribution in [0.4, 0.5) is 4.39 Å². The number of benzene rings is 3. The fraction of sp³-hybridized carbons (Fsp3) is 0.148. The minimum Gasteiger partial charge on any atom is -0.496 e. The summed E-state index contributed by atoms with van der Waals surface area (Å²) >= 11 is 5.79. The Hall–Kier alpha value is -4.04. The van der Waals surface area contributed by atoms with Crippen LogP contribution in [0.1, 0.15) is 30.0 Å². The standard InChI is InChI=1S/C27H23FN4O2S/c1-17-23(26-30-25(31-34-26)19-12-8-13-21(28)15-19)24(18-9-4-3-5-10-18)29-27(35)32(17)16-20-11-6-7-14-22(20)33-2/h3-15,24H,16H2,1-2H3,(H,29,35). The largest absolute Gasteiger partial charge is 0.496 e. The predicted octanol–water partition coefficient (Wildman–Crippen LogP) is 5.75. The van der Waals surface area contributed by atoms with Crippen molar-refractivity contribution < 1.29 is 13.7 Å². The van der Waals surface area contributed by atoms with Gasteiger partial charge in [-0.3, -0.25) is 0 Å². The van der Waals surface area contributed by atoms with Gasteiger partial charge in [-0.2, -0.15) is 4.98 Å². The first-order chi connectivity index (χ1) is 17.0. The average molecular weight is 487 g/mol. The smallest absolute Gasteiger partial charge is 0.258 e. The third-order valence-corrected chi connectivity index (χ3v) is 6.33. The van der Waals surface area contributed by atoms with E-state index < -0.39 is 0 Å². The number of nitrogens with one attached hydrogen (secondary N) is 1. The zero-order valence-corrected chi connectivity index (χ0v) is 20.1. The van der Waals surface area contributed by atoms with E-state index in [1.807, 2.05) is 66.4 Å². The van der Waals surface area contributed by atoms with E-state index in [2.05, 4.69) is 15.5 Å². The maximum absolute atomic E-state index is 13.8. The molecule has 1 atom stereocenters. The summed E-state index contributed by atoms with van der Waals surface area (Å²) < 4.78 is 25.1. The molecule has 35 heavy (non-hydrogen) atoms. The molecular formula is C27H23FN4O2S. The van der Waals surface area contributed by atoms with Gasteiger partial charge in [0, 0.05) is 16.8 Å². The van der Waals surface area contributed by atoms with Crippen LogP contribution >= 0.6 is 12.2 Å². The summed E-state index contributed by atoms with van der Waals surface area (Å²) in [4.78, 5) is 6.63. The molecule has 1 aromatic heterocycles. The number of thiocarbonyl (C=S) groups is 1. The van der Waals surface area contributed by atoms with Crippen molar-refractivity contribution in [1.82, 2.24) is 20.4 Å². The molecule has 1 unspecified atom stereocenters. The van der Waals surface area contributed by atoms with Gasteiger partial charge in [-0.05, 0) is 42.9 Å². The highest BCUT2D eigenvalue weighted by atomic mass is 32.1. The fourth-order valence-electron chi connectivity index (χ4n) is 4.23. The van der Waals surface area contributed by atoms with Crippen LogP contribution in [-0.2, 0) is 6.54 Å². The number of hydrogen-bond acceptors (Lipinski definition) is 5. The summed E-state index contributed by atoms with van der Waals surface area (Å²) in [5, 5.41) is 8.16. The van der Waals surface area contributed by atoms with Crippen molar-refractivity contribution in [2.75, 3.05) is 7.11 Å². The first-order valence-corrected chi connectivity index (χ1v) is 11.5. The topological polar surface area (TPSA) is 63.4 Å². The molecule has 8 heteroatoms. The van der Waals surface area contributed by atoms with Crippen LogP contribution in [0.2, 0.25) is 0 Å². The van der Waals surface area contributed by atoms with Gasteiger partial charge in [-0.1, -0.05) is 65.8 Å². The van der Waals surface area contributed by atoms with Gasteiger partial charge in [0.05, 0.1) is 25.3 Å². The average Bonchev–Trinajstić information content (AvgIpc) is 3.37. The monoisotopic (exact) mass is 486 g/mol. The lowest BCUT2D eigenvalue weighted by Gasteiger charge is -2.37. The van der Waals surface area contributed by atoms with Gasteiger partial charge in [0.15, 0.2) is 5.11 Å². The highest BCUT2D eigenvalue weighted by Crippen LogP contribution is 2.38. The highest BCUT2D eigenvalue weighted by Gasteiger charge is 2.34. The third-order valence-electron chi connectivity index (χ3n) is 5.99. The molecule has 0 bridgehead atoms. The van der Waals surface area contributed by atoms with Crippen LogP contribution < -0.4 is 10.1 Å². The molecule has 1 aliphatic heterocycles. The maximum atomic E-state index is 13.8. The number of para-hydroxylation sites is 1. The van der Waals surface area contributed by atoms with Gasteiger partial charge in [0.25, 0.3) is 5.89 Å². The molecule has 3 aromatic carbocycles. The minimum absolute atomic E-state index is 0.293. The van der Waals surface area contributed by atoms with E-state index in [0.29, 0.717) is 28.9 Å². The molecule has 1 aliphatic rings. The highest BCUT2D eigenvalue weighted by molar-refractivity contribution is 7.80. The number of rotatable bonds is 6. The summed E-state index contributed by atoms with van der Waals surface area (Å²) in [5.74, 6) is 1.08. The van der Waals surface area contributed by atoms with Crippen molar-refractivity contribution in [3.63, 3.8) is 0 Å². The molecule has 6 nitrogen and oxygen atoms in total. The quantitative estimate of drug-likeness (QED) is 0.348. The number of halogens is 1. The maximum Gasteiger partial charge on any atom is 0.258 e. The number of methoxy groups -OCH3 is 1. The Morgan fingerprint density at radius 2 is 1.83 bits per heavy atom. The summed E-state index contributed by atoms with van der Waals surface area (Å²) in [6, 6.07) is 23.6. The Kier molecular flexibility index (Phi) is 6.29. The third kappa shape index (κ3) is 4.52. The van der Waals surface area contributed by atoms with E-state index >= 15 is 0 Å². The van der Waals surface area contributed by atoms with Crippen LogP contribution in [0.25, 0.3) is 17.0 Å². The van der Waals surface area contributed by atoms with Crippen LogP contribution in [0.15, 0.2) is 89.1 Å². The van der Waals surface area contributed by atoms with Crippen molar-refractivity contribution >= 4 is 22.9 Å². The molecule has 0 saturated heterocycles. The molecule has 0 aliphatic carbocycles. The normalized spacial score (nSPS) is 15.8. The molecule has 2 heterocycles. The minimum atomic E-state index is -0.362. The summed E-state index contributed by atoms with van der Waals surface area (Å²) in [7, 11) is 1.65. The molecule has 0 fully saturated rings. The number of hydrogen-bond donors (Lipinski definition) is 1. The fourth-order valence-corrected chi connectivity index (χ4v) is 4.55. The lowest BCUT2D eigenvalue weighted by Crippen LogP contribution is -2.45. The van der Waals surface area contributed by atoms with Crippen molar-refractivity contribution in [2.24, 2.45) is 0 Å².